The number of amides is 1. The zero-order chi connectivity index (χ0) is 14.0. The number of aliphatic carboxylic acids is 1. The van der Waals surface area contributed by atoms with E-state index in [1.807, 2.05) is 0 Å². The van der Waals surface area contributed by atoms with Crippen molar-refractivity contribution in [3.63, 3.8) is 0 Å². The molecule has 0 aliphatic carbocycles. The van der Waals surface area contributed by atoms with Gasteiger partial charge in [-0.3, -0.25) is 4.79 Å². The SMILES string of the molecule is Cc1ccc(F)c(C(=O)N2CCCCC2C(=O)O)c1. The van der Waals surface area contributed by atoms with Crippen LogP contribution < -0.4 is 0 Å². The lowest BCUT2D eigenvalue weighted by atomic mass is 10.0. The van der Waals surface area contributed by atoms with Gasteiger partial charge >= 0.3 is 5.97 Å². The normalized spacial score (nSPS) is 19.3. The van der Waals surface area contributed by atoms with Crippen molar-refractivity contribution < 1.29 is 19.1 Å². The van der Waals surface area contributed by atoms with E-state index in [1.165, 1.54) is 17.0 Å². The Hall–Kier alpha value is -1.91. The molecule has 0 saturated carbocycles. The number of benzene rings is 1. The first-order chi connectivity index (χ1) is 9.00. The average Bonchev–Trinajstić information content (AvgIpc) is 2.40. The summed E-state index contributed by atoms with van der Waals surface area (Å²) >= 11 is 0. The molecule has 4 nitrogen and oxygen atoms in total. The number of carboxylic acids is 1. The largest absolute Gasteiger partial charge is 0.480 e. The predicted molar refractivity (Wildman–Crippen MR) is 67.4 cm³/mol. The molecule has 0 radical (unpaired) electrons. The molecular weight excluding hydrogens is 249 g/mol. The summed E-state index contributed by atoms with van der Waals surface area (Å²) in [7, 11) is 0. The molecule has 1 aliphatic heterocycles. The molecule has 1 aliphatic rings. The standard InChI is InChI=1S/C14H16FNO3/c1-9-5-6-11(15)10(8-9)13(17)16-7-3-2-4-12(16)14(18)19/h5-6,8,12H,2-4,7H2,1H3,(H,18,19). The molecule has 1 saturated heterocycles. The van der Waals surface area contributed by atoms with Gasteiger partial charge in [-0.2, -0.15) is 0 Å². The zero-order valence-corrected chi connectivity index (χ0v) is 10.7. The third kappa shape index (κ3) is 2.75. The predicted octanol–water partition coefficient (Wildman–Crippen LogP) is 2.21. The third-order valence-corrected chi connectivity index (χ3v) is 3.40. The van der Waals surface area contributed by atoms with Crippen LogP contribution in [0, 0.1) is 12.7 Å². The van der Waals surface area contributed by atoms with E-state index in [-0.39, 0.29) is 5.56 Å². The number of nitrogens with zero attached hydrogens (tertiary/aromatic N) is 1. The lowest BCUT2D eigenvalue weighted by molar-refractivity contribution is -0.143. The highest BCUT2D eigenvalue weighted by molar-refractivity contribution is 5.97. The molecule has 102 valence electrons. The van der Waals surface area contributed by atoms with E-state index in [9.17, 15) is 14.0 Å². The number of carboxylic acid groups (broad SMARTS) is 1. The van der Waals surface area contributed by atoms with E-state index in [1.54, 1.807) is 13.0 Å². The highest BCUT2D eigenvalue weighted by Crippen LogP contribution is 2.21. The fourth-order valence-corrected chi connectivity index (χ4v) is 2.39. The number of halogens is 1. The lowest BCUT2D eigenvalue weighted by Crippen LogP contribution is -2.48. The van der Waals surface area contributed by atoms with Crippen molar-refractivity contribution in [3.8, 4) is 0 Å². The summed E-state index contributed by atoms with van der Waals surface area (Å²) in [6, 6.07) is 3.44. The molecule has 1 atom stereocenters. The number of rotatable bonds is 2. The Bertz CT molecular complexity index is 515. The molecule has 19 heavy (non-hydrogen) atoms. The van der Waals surface area contributed by atoms with Crippen LogP contribution >= 0.6 is 0 Å². The van der Waals surface area contributed by atoms with Gasteiger partial charge in [0.25, 0.3) is 5.91 Å². The second-order valence-corrected chi connectivity index (χ2v) is 4.83. The van der Waals surface area contributed by atoms with Gasteiger partial charge in [-0.1, -0.05) is 11.6 Å². The topological polar surface area (TPSA) is 57.6 Å². The lowest BCUT2D eigenvalue weighted by Gasteiger charge is -2.33. The van der Waals surface area contributed by atoms with Gasteiger partial charge in [-0.15, -0.1) is 0 Å². The minimum absolute atomic E-state index is 0.0480. The molecule has 1 fully saturated rings. The van der Waals surface area contributed by atoms with Crippen LogP contribution in [-0.2, 0) is 4.79 Å². The number of aryl methyl sites for hydroxylation is 1. The van der Waals surface area contributed by atoms with Crippen LogP contribution in [-0.4, -0.2) is 34.5 Å². The number of hydrogen-bond donors (Lipinski definition) is 1. The zero-order valence-electron chi connectivity index (χ0n) is 10.7. The second-order valence-electron chi connectivity index (χ2n) is 4.83. The van der Waals surface area contributed by atoms with Crippen LogP contribution in [0.3, 0.4) is 0 Å². The van der Waals surface area contributed by atoms with E-state index < -0.39 is 23.7 Å². The molecule has 2 rings (SSSR count). The highest BCUT2D eigenvalue weighted by atomic mass is 19.1. The Labute approximate surface area is 110 Å². The van der Waals surface area contributed by atoms with E-state index in [0.29, 0.717) is 13.0 Å². The van der Waals surface area contributed by atoms with Crippen molar-refractivity contribution in [3.05, 3.63) is 35.1 Å². The molecule has 0 bridgehead atoms. The van der Waals surface area contributed by atoms with Crippen LogP contribution in [0.5, 0.6) is 0 Å². The van der Waals surface area contributed by atoms with Crippen LogP contribution in [0.2, 0.25) is 0 Å². The number of carbonyl (C=O) groups is 2. The van der Waals surface area contributed by atoms with Crippen molar-refractivity contribution in [2.45, 2.75) is 32.2 Å². The highest BCUT2D eigenvalue weighted by Gasteiger charge is 2.33. The van der Waals surface area contributed by atoms with E-state index in [4.69, 9.17) is 5.11 Å². The maximum absolute atomic E-state index is 13.7. The quantitative estimate of drug-likeness (QED) is 0.892. The van der Waals surface area contributed by atoms with Gasteiger partial charge < -0.3 is 10.0 Å². The molecule has 1 unspecified atom stereocenters. The van der Waals surface area contributed by atoms with Gasteiger partial charge in [0.05, 0.1) is 5.56 Å². The Morgan fingerprint density at radius 2 is 2.11 bits per heavy atom. The number of carbonyl (C=O) groups excluding carboxylic acids is 1. The summed E-state index contributed by atoms with van der Waals surface area (Å²) < 4.78 is 13.7. The molecule has 1 aromatic rings. The molecule has 0 spiro atoms. The fourth-order valence-electron chi connectivity index (χ4n) is 2.39. The van der Waals surface area contributed by atoms with Crippen molar-refractivity contribution in [1.82, 2.24) is 4.90 Å². The van der Waals surface area contributed by atoms with Crippen molar-refractivity contribution >= 4 is 11.9 Å². The molecule has 5 heteroatoms. The van der Waals surface area contributed by atoms with Crippen LogP contribution in [0.4, 0.5) is 4.39 Å². The molecule has 1 amide bonds. The van der Waals surface area contributed by atoms with Crippen LogP contribution in [0.15, 0.2) is 18.2 Å². The maximum Gasteiger partial charge on any atom is 0.326 e. The van der Waals surface area contributed by atoms with Gasteiger partial charge in [0.15, 0.2) is 0 Å². The smallest absolute Gasteiger partial charge is 0.326 e. The molecular formula is C14H16FNO3. The molecule has 1 heterocycles. The summed E-state index contributed by atoms with van der Waals surface area (Å²) in [6.45, 7) is 2.13. The monoisotopic (exact) mass is 265 g/mol. The second kappa shape index (κ2) is 5.38. The summed E-state index contributed by atoms with van der Waals surface area (Å²) in [5, 5.41) is 9.14. The fraction of sp³-hybridized carbons (Fsp3) is 0.429. The summed E-state index contributed by atoms with van der Waals surface area (Å²) in [5.74, 6) is -2.17. The van der Waals surface area contributed by atoms with E-state index in [2.05, 4.69) is 0 Å². The summed E-state index contributed by atoms with van der Waals surface area (Å²) in [5.41, 5.74) is 0.724. The van der Waals surface area contributed by atoms with Gasteiger partial charge in [-0.05, 0) is 38.3 Å². The minimum atomic E-state index is -1.03. The van der Waals surface area contributed by atoms with Crippen molar-refractivity contribution in [2.75, 3.05) is 6.54 Å². The minimum Gasteiger partial charge on any atom is -0.480 e. The van der Waals surface area contributed by atoms with E-state index >= 15 is 0 Å². The first kappa shape index (κ1) is 13.5. The number of likely N-dealkylation sites (tertiary alicyclic amines) is 1. The van der Waals surface area contributed by atoms with Gasteiger partial charge in [0.1, 0.15) is 11.9 Å². The number of piperidine rings is 1. The van der Waals surface area contributed by atoms with Crippen molar-refractivity contribution in [1.29, 1.82) is 0 Å². The Kier molecular flexibility index (Phi) is 3.83. The molecule has 0 aromatic heterocycles. The van der Waals surface area contributed by atoms with Gasteiger partial charge in [0.2, 0.25) is 0 Å². The summed E-state index contributed by atoms with van der Waals surface area (Å²) in [6.07, 6.45) is 1.95. The Balaban J connectivity index is 2.31. The van der Waals surface area contributed by atoms with Crippen LogP contribution in [0.1, 0.15) is 35.2 Å². The average molecular weight is 265 g/mol. The molecule has 1 aromatic carbocycles. The first-order valence-electron chi connectivity index (χ1n) is 6.30. The maximum atomic E-state index is 13.7. The van der Waals surface area contributed by atoms with Crippen LogP contribution in [0.25, 0.3) is 0 Å². The Morgan fingerprint density at radius 3 is 2.79 bits per heavy atom. The van der Waals surface area contributed by atoms with Crippen molar-refractivity contribution in [2.24, 2.45) is 0 Å². The van der Waals surface area contributed by atoms with E-state index in [0.717, 1.165) is 18.4 Å². The number of hydrogen-bond acceptors (Lipinski definition) is 2. The van der Waals surface area contributed by atoms with Gasteiger partial charge in [0, 0.05) is 6.54 Å². The first-order valence-corrected chi connectivity index (χ1v) is 6.30. The molecule has 1 N–H and O–H groups in total. The third-order valence-electron chi connectivity index (χ3n) is 3.40. The Morgan fingerprint density at radius 1 is 1.37 bits per heavy atom. The van der Waals surface area contributed by atoms with Gasteiger partial charge in [-0.25, -0.2) is 9.18 Å². The summed E-state index contributed by atoms with van der Waals surface area (Å²) in [4.78, 5) is 24.7.